The maximum Gasteiger partial charge on any atom is 0.254 e. The van der Waals surface area contributed by atoms with E-state index < -0.39 is 5.91 Å². The fourth-order valence-electron chi connectivity index (χ4n) is 0.797. The zero-order valence-electron chi connectivity index (χ0n) is 7.65. The van der Waals surface area contributed by atoms with Gasteiger partial charge >= 0.3 is 0 Å². The molecule has 14 heavy (non-hydrogen) atoms. The molecule has 1 aromatic heterocycles. The van der Waals surface area contributed by atoms with Crippen LogP contribution in [0.3, 0.4) is 0 Å². The predicted molar refractivity (Wildman–Crippen MR) is 49.3 cm³/mol. The Morgan fingerprint density at radius 2 is 2.57 bits per heavy atom. The van der Waals surface area contributed by atoms with Gasteiger partial charge in [0.1, 0.15) is 17.9 Å². The summed E-state index contributed by atoms with van der Waals surface area (Å²) in [6.07, 6.45) is 1.32. The first-order valence-electron chi connectivity index (χ1n) is 3.98. The summed E-state index contributed by atoms with van der Waals surface area (Å²) in [5.41, 5.74) is 2.79. The number of carbonyl (C=O) groups is 1. The molecule has 5 nitrogen and oxygen atoms in total. The lowest BCUT2D eigenvalue weighted by molar-refractivity contribution is -0.120. The van der Waals surface area contributed by atoms with Crippen LogP contribution in [0.15, 0.2) is 27.9 Å². The molecule has 0 aromatic carbocycles. The summed E-state index contributed by atoms with van der Waals surface area (Å²) >= 11 is 0. The fraction of sp³-hybridized carbons (Fsp3) is 0.222. The fourth-order valence-corrected chi connectivity index (χ4v) is 0.797. The van der Waals surface area contributed by atoms with Crippen LogP contribution < -0.4 is 5.43 Å². The molecule has 0 spiro atoms. The Morgan fingerprint density at radius 1 is 1.79 bits per heavy atom. The highest BCUT2D eigenvalue weighted by atomic mass is 16.3. The molecule has 1 rings (SSSR count). The van der Waals surface area contributed by atoms with Crippen molar-refractivity contribution in [1.82, 2.24) is 5.43 Å². The molecular formula is C9H9N3O2. The molecule has 0 unspecified atom stereocenters. The summed E-state index contributed by atoms with van der Waals surface area (Å²) in [6.45, 7) is 1.70. The average molecular weight is 191 g/mol. The van der Waals surface area contributed by atoms with Crippen molar-refractivity contribution in [3.05, 3.63) is 24.2 Å². The van der Waals surface area contributed by atoms with E-state index in [0.29, 0.717) is 11.5 Å². The van der Waals surface area contributed by atoms with Gasteiger partial charge in [-0.25, -0.2) is 5.43 Å². The van der Waals surface area contributed by atoms with E-state index in [9.17, 15) is 4.79 Å². The van der Waals surface area contributed by atoms with Gasteiger partial charge in [0, 0.05) is 0 Å². The number of furan rings is 1. The molecule has 0 aliphatic rings. The van der Waals surface area contributed by atoms with Gasteiger partial charge in [-0.15, -0.1) is 0 Å². The minimum absolute atomic E-state index is 0.199. The molecule has 0 aliphatic carbocycles. The third-order valence-electron chi connectivity index (χ3n) is 1.47. The van der Waals surface area contributed by atoms with Crippen molar-refractivity contribution in [2.24, 2.45) is 5.10 Å². The van der Waals surface area contributed by atoms with Gasteiger partial charge in [-0.2, -0.15) is 10.4 Å². The van der Waals surface area contributed by atoms with E-state index >= 15 is 0 Å². The summed E-state index contributed by atoms with van der Waals surface area (Å²) in [7, 11) is 0. The quantitative estimate of drug-likeness (QED) is 0.572. The van der Waals surface area contributed by atoms with E-state index in [1.807, 2.05) is 0 Å². The summed E-state index contributed by atoms with van der Waals surface area (Å²) in [4.78, 5) is 10.8. The maximum absolute atomic E-state index is 10.8. The second-order valence-corrected chi connectivity index (χ2v) is 2.54. The standard InChI is InChI=1S/C9H9N3O2/c1-7(8-3-2-6-14-8)11-12-9(13)4-5-10/h2-3,6H,4H2,1H3,(H,12,13)/b11-7-. The Hall–Kier alpha value is -2.09. The normalized spacial score (nSPS) is 10.7. The molecule has 1 amide bonds. The molecule has 1 N–H and O–H groups in total. The van der Waals surface area contributed by atoms with Gasteiger partial charge < -0.3 is 4.42 Å². The highest BCUT2D eigenvalue weighted by Gasteiger charge is 2.01. The van der Waals surface area contributed by atoms with Gasteiger partial charge in [-0.1, -0.05) is 0 Å². The third kappa shape index (κ3) is 2.75. The van der Waals surface area contributed by atoms with Crippen molar-refractivity contribution in [2.75, 3.05) is 0 Å². The van der Waals surface area contributed by atoms with Gasteiger partial charge in [0.2, 0.25) is 0 Å². The highest BCUT2D eigenvalue weighted by Crippen LogP contribution is 2.00. The van der Waals surface area contributed by atoms with Crippen LogP contribution in [0, 0.1) is 11.3 Å². The zero-order valence-corrected chi connectivity index (χ0v) is 7.65. The molecule has 0 bridgehead atoms. The number of nitrogens with one attached hydrogen (secondary N) is 1. The second kappa shape index (κ2) is 4.82. The van der Waals surface area contributed by atoms with Crippen molar-refractivity contribution >= 4 is 11.6 Å². The predicted octanol–water partition coefficient (Wildman–Crippen LogP) is 1.03. The zero-order chi connectivity index (χ0) is 10.4. The van der Waals surface area contributed by atoms with Crippen LogP contribution in [0.4, 0.5) is 0 Å². The van der Waals surface area contributed by atoms with E-state index in [0.717, 1.165) is 0 Å². The first kappa shape index (κ1) is 9.99. The van der Waals surface area contributed by atoms with Gasteiger partial charge in [-0.05, 0) is 19.1 Å². The first-order chi connectivity index (χ1) is 6.74. The van der Waals surface area contributed by atoms with Crippen molar-refractivity contribution in [3.8, 4) is 6.07 Å². The first-order valence-corrected chi connectivity index (χ1v) is 3.98. The van der Waals surface area contributed by atoms with Crippen molar-refractivity contribution in [3.63, 3.8) is 0 Å². The second-order valence-electron chi connectivity index (χ2n) is 2.54. The van der Waals surface area contributed by atoms with Crippen LogP contribution in [0.5, 0.6) is 0 Å². The SMILES string of the molecule is C/C(=N/NC(=O)CC#N)c1ccco1. The van der Waals surface area contributed by atoms with E-state index in [-0.39, 0.29) is 6.42 Å². The number of rotatable bonds is 3. The molecule has 0 saturated carbocycles. The molecule has 0 atom stereocenters. The maximum atomic E-state index is 10.8. The van der Waals surface area contributed by atoms with Crippen molar-refractivity contribution < 1.29 is 9.21 Å². The molecule has 72 valence electrons. The Balaban J connectivity index is 2.54. The van der Waals surface area contributed by atoms with Gasteiger partial charge in [-0.3, -0.25) is 4.79 Å². The molecule has 0 saturated heterocycles. The van der Waals surface area contributed by atoms with E-state index in [4.69, 9.17) is 9.68 Å². The molecule has 0 fully saturated rings. The molecule has 1 heterocycles. The van der Waals surface area contributed by atoms with Gasteiger partial charge in [0.15, 0.2) is 0 Å². The molecule has 0 radical (unpaired) electrons. The molecule has 1 aromatic rings. The minimum Gasteiger partial charge on any atom is -0.463 e. The Morgan fingerprint density at radius 3 is 3.14 bits per heavy atom. The summed E-state index contributed by atoms with van der Waals surface area (Å²) in [5.74, 6) is 0.153. The number of carbonyl (C=O) groups excluding carboxylic acids is 1. The third-order valence-corrected chi connectivity index (χ3v) is 1.47. The number of amides is 1. The van der Waals surface area contributed by atoms with E-state index in [2.05, 4.69) is 10.5 Å². The summed E-state index contributed by atoms with van der Waals surface area (Å²) < 4.78 is 5.04. The average Bonchev–Trinajstić information content (AvgIpc) is 2.67. The Kier molecular flexibility index (Phi) is 3.44. The monoisotopic (exact) mass is 191 g/mol. The van der Waals surface area contributed by atoms with Crippen molar-refractivity contribution in [1.29, 1.82) is 5.26 Å². The lowest BCUT2D eigenvalue weighted by atomic mass is 10.3. The van der Waals surface area contributed by atoms with E-state index in [1.165, 1.54) is 6.26 Å². The van der Waals surface area contributed by atoms with Crippen LogP contribution in [0.25, 0.3) is 0 Å². The molecular weight excluding hydrogens is 182 g/mol. The van der Waals surface area contributed by atoms with Crippen LogP contribution >= 0.6 is 0 Å². The lowest BCUT2D eigenvalue weighted by Crippen LogP contribution is -2.17. The highest BCUT2D eigenvalue weighted by molar-refractivity contribution is 5.96. The van der Waals surface area contributed by atoms with E-state index in [1.54, 1.807) is 25.1 Å². The smallest absolute Gasteiger partial charge is 0.254 e. The number of hydrogen-bond acceptors (Lipinski definition) is 4. The molecule has 5 heteroatoms. The summed E-state index contributed by atoms with van der Waals surface area (Å²) in [5, 5.41) is 12.0. The van der Waals surface area contributed by atoms with Crippen LogP contribution in [0.2, 0.25) is 0 Å². The lowest BCUT2D eigenvalue weighted by Gasteiger charge is -1.96. The van der Waals surface area contributed by atoms with Crippen LogP contribution in [-0.4, -0.2) is 11.6 Å². The van der Waals surface area contributed by atoms with Gasteiger partial charge in [0.05, 0.1) is 12.3 Å². The van der Waals surface area contributed by atoms with Gasteiger partial charge in [0.25, 0.3) is 5.91 Å². The largest absolute Gasteiger partial charge is 0.463 e. The number of hydrazone groups is 1. The Labute approximate surface area is 81.0 Å². The number of nitrogens with zero attached hydrogens (tertiary/aromatic N) is 2. The number of hydrogen-bond donors (Lipinski definition) is 1. The van der Waals surface area contributed by atoms with Crippen LogP contribution in [-0.2, 0) is 4.79 Å². The van der Waals surface area contributed by atoms with Crippen molar-refractivity contribution in [2.45, 2.75) is 13.3 Å². The Bertz CT molecular complexity index is 373. The number of nitriles is 1. The topological polar surface area (TPSA) is 78.4 Å². The molecule has 0 aliphatic heterocycles. The van der Waals surface area contributed by atoms with Crippen LogP contribution in [0.1, 0.15) is 19.1 Å². The minimum atomic E-state index is -0.432. The summed E-state index contributed by atoms with van der Waals surface area (Å²) in [6, 6.07) is 5.18.